The monoisotopic (exact) mass is 447 g/mol. The van der Waals surface area contributed by atoms with E-state index in [9.17, 15) is 4.21 Å². The van der Waals surface area contributed by atoms with Gasteiger partial charge in [0.15, 0.2) is 0 Å². The van der Waals surface area contributed by atoms with E-state index in [1.165, 1.54) is 11.9 Å². The molecular formula is C20H22ClN5O3S. The number of nitrogens with one attached hydrogen (secondary N) is 3. The Morgan fingerprint density at radius 3 is 2.60 bits per heavy atom. The Balaban J connectivity index is 2.21. The number of anilines is 1. The maximum Gasteiger partial charge on any atom is 0.234 e. The molecule has 0 spiro atoms. The van der Waals surface area contributed by atoms with Gasteiger partial charge in [0.2, 0.25) is 11.3 Å². The molecule has 0 radical (unpaired) electrons. The molecule has 2 aromatic carbocycles. The Hall–Kier alpha value is -2.59. The van der Waals surface area contributed by atoms with Gasteiger partial charge >= 0.3 is 0 Å². The number of benzodiazepines with no additional fused rings is 1. The predicted molar refractivity (Wildman–Crippen MR) is 121 cm³/mol. The number of halogens is 1. The summed E-state index contributed by atoms with van der Waals surface area (Å²) in [6, 6.07) is 11.8. The van der Waals surface area contributed by atoms with Gasteiger partial charge in [-0.1, -0.05) is 23.7 Å². The highest BCUT2D eigenvalue weighted by Crippen LogP contribution is 2.32. The molecule has 3 N–H and O–H groups in total. The normalized spacial score (nSPS) is 17.1. The van der Waals surface area contributed by atoms with Crippen molar-refractivity contribution in [3.63, 3.8) is 0 Å². The second-order valence-corrected chi connectivity index (χ2v) is 7.96. The van der Waals surface area contributed by atoms with E-state index in [-0.39, 0.29) is 18.3 Å². The first kappa shape index (κ1) is 22.1. The molecule has 0 amide bonds. The van der Waals surface area contributed by atoms with Crippen LogP contribution in [0.4, 0.5) is 5.69 Å². The first-order valence-corrected chi connectivity index (χ1v) is 10.5. The number of methoxy groups -OCH3 is 1. The standard InChI is InChI=1S/C20H22ClN5O3S/c1-12(22)26-18-9-8-15(28-3)10-16(18)19(13-4-6-14(21)7-5-13)25-17(20(26)23)11-29-30(27)24-2/h4-10,17,22-24H,11H2,1-3H3/t17-,30?/m0/s1. The Morgan fingerprint density at radius 2 is 2.00 bits per heavy atom. The summed E-state index contributed by atoms with van der Waals surface area (Å²) in [6.07, 6.45) is 0. The van der Waals surface area contributed by atoms with E-state index in [0.29, 0.717) is 27.7 Å². The third kappa shape index (κ3) is 4.59. The highest BCUT2D eigenvalue weighted by atomic mass is 35.5. The summed E-state index contributed by atoms with van der Waals surface area (Å²) in [4.78, 5) is 6.28. The smallest absolute Gasteiger partial charge is 0.234 e. The van der Waals surface area contributed by atoms with Crippen LogP contribution in [-0.2, 0) is 15.4 Å². The summed E-state index contributed by atoms with van der Waals surface area (Å²) < 4.78 is 24.9. The van der Waals surface area contributed by atoms with Gasteiger partial charge in [0.05, 0.1) is 25.1 Å². The van der Waals surface area contributed by atoms with Crippen LogP contribution >= 0.6 is 11.6 Å². The quantitative estimate of drug-likeness (QED) is 0.466. The van der Waals surface area contributed by atoms with Crippen molar-refractivity contribution in [2.75, 3.05) is 25.7 Å². The molecule has 8 nitrogen and oxygen atoms in total. The molecule has 1 aliphatic heterocycles. The van der Waals surface area contributed by atoms with Crippen molar-refractivity contribution in [3.05, 3.63) is 58.6 Å². The van der Waals surface area contributed by atoms with Crippen LogP contribution in [0.5, 0.6) is 5.75 Å². The zero-order chi connectivity index (χ0) is 21.8. The average molecular weight is 448 g/mol. The minimum Gasteiger partial charge on any atom is -0.497 e. The Morgan fingerprint density at radius 1 is 1.30 bits per heavy atom. The molecule has 0 saturated carbocycles. The molecule has 1 heterocycles. The van der Waals surface area contributed by atoms with Crippen LogP contribution in [0.25, 0.3) is 0 Å². The molecule has 0 aliphatic carbocycles. The van der Waals surface area contributed by atoms with Gasteiger partial charge in [-0.25, -0.2) is 8.93 Å². The second kappa shape index (κ2) is 9.48. The minimum absolute atomic E-state index is 0.0472. The van der Waals surface area contributed by atoms with Crippen molar-refractivity contribution >= 4 is 45.9 Å². The fraction of sp³-hybridized carbons (Fsp3) is 0.250. The largest absolute Gasteiger partial charge is 0.497 e. The number of aliphatic imine (C=N–C) groups is 1. The fourth-order valence-corrected chi connectivity index (χ4v) is 3.59. The van der Waals surface area contributed by atoms with Crippen molar-refractivity contribution in [1.29, 1.82) is 10.8 Å². The van der Waals surface area contributed by atoms with E-state index in [4.69, 9.17) is 36.3 Å². The number of rotatable bonds is 6. The number of nitrogens with zero attached hydrogens (tertiary/aromatic N) is 2. The first-order valence-electron chi connectivity index (χ1n) is 9.04. The van der Waals surface area contributed by atoms with Crippen LogP contribution in [0.3, 0.4) is 0 Å². The lowest BCUT2D eigenvalue weighted by molar-refractivity contribution is 0.338. The molecule has 30 heavy (non-hydrogen) atoms. The van der Waals surface area contributed by atoms with Crippen molar-refractivity contribution in [2.45, 2.75) is 13.0 Å². The SMILES string of the molecule is CNS(=O)OC[C@@H]1N=C(c2ccc(Cl)cc2)c2cc(OC)ccc2N(C(C)=N)C1=N. The second-order valence-electron chi connectivity index (χ2n) is 6.41. The molecule has 0 aromatic heterocycles. The highest BCUT2D eigenvalue weighted by Gasteiger charge is 2.31. The van der Waals surface area contributed by atoms with E-state index in [0.717, 1.165) is 5.56 Å². The van der Waals surface area contributed by atoms with Crippen molar-refractivity contribution < 1.29 is 13.1 Å². The van der Waals surface area contributed by atoms with Gasteiger partial charge in [-0.3, -0.25) is 24.9 Å². The number of hydrogen-bond donors (Lipinski definition) is 3. The Bertz CT molecular complexity index is 1030. The number of fused-ring (bicyclic) bond motifs is 1. The van der Waals surface area contributed by atoms with Crippen LogP contribution in [0.1, 0.15) is 18.1 Å². The zero-order valence-electron chi connectivity index (χ0n) is 16.7. The van der Waals surface area contributed by atoms with Gasteiger partial charge in [-0.15, -0.1) is 0 Å². The molecule has 1 aliphatic rings. The van der Waals surface area contributed by atoms with Crippen molar-refractivity contribution in [3.8, 4) is 5.75 Å². The summed E-state index contributed by atoms with van der Waals surface area (Å²) in [5.41, 5.74) is 2.70. The van der Waals surface area contributed by atoms with Crippen molar-refractivity contribution in [2.24, 2.45) is 4.99 Å². The lowest BCUT2D eigenvalue weighted by Gasteiger charge is -2.26. The third-order valence-electron chi connectivity index (χ3n) is 4.49. The number of benzene rings is 2. The number of hydrogen-bond acceptors (Lipinski definition) is 6. The lowest BCUT2D eigenvalue weighted by atomic mass is 9.99. The maximum absolute atomic E-state index is 11.7. The van der Waals surface area contributed by atoms with Crippen LogP contribution in [0.15, 0.2) is 47.5 Å². The lowest BCUT2D eigenvalue weighted by Crippen LogP contribution is -2.42. The van der Waals surface area contributed by atoms with Crippen LogP contribution < -0.4 is 14.4 Å². The van der Waals surface area contributed by atoms with Crippen LogP contribution in [0.2, 0.25) is 5.02 Å². The zero-order valence-corrected chi connectivity index (χ0v) is 18.3. The molecule has 3 rings (SSSR count). The Labute approximate surface area is 182 Å². The van der Waals surface area contributed by atoms with Gasteiger partial charge in [0.25, 0.3) is 0 Å². The molecule has 1 unspecified atom stereocenters. The molecule has 158 valence electrons. The van der Waals surface area contributed by atoms with E-state index in [1.54, 1.807) is 38.3 Å². The summed E-state index contributed by atoms with van der Waals surface area (Å²) in [5.74, 6) is 0.820. The molecule has 2 atom stereocenters. The van der Waals surface area contributed by atoms with Gasteiger partial charge in [-0.2, -0.15) is 0 Å². The van der Waals surface area contributed by atoms with E-state index in [1.807, 2.05) is 18.2 Å². The van der Waals surface area contributed by atoms with Crippen molar-refractivity contribution in [1.82, 2.24) is 4.72 Å². The van der Waals surface area contributed by atoms with E-state index in [2.05, 4.69) is 4.72 Å². The molecule has 0 bridgehead atoms. The fourth-order valence-electron chi connectivity index (χ4n) is 3.09. The van der Waals surface area contributed by atoms with Crippen LogP contribution in [0, 0.1) is 10.8 Å². The summed E-state index contributed by atoms with van der Waals surface area (Å²) >= 11 is 4.35. The molecule has 0 saturated heterocycles. The third-order valence-corrected chi connectivity index (χ3v) is 5.43. The summed E-state index contributed by atoms with van der Waals surface area (Å²) in [7, 11) is 3.08. The van der Waals surface area contributed by atoms with E-state index < -0.39 is 17.3 Å². The van der Waals surface area contributed by atoms with Crippen LogP contribution in [-0.4, -0.2) is 48.4 Å². The number of amidine groups is 2. The maximum atomic E-state index is 11.7. The first-order chi connectivity index (χ1) is 14.3. The highest BCUT2D eigenvalue weighted by molar-refractivity contribution is 7.78. The Kier molecular flexibility index (Phi) is 6.99. The number of ether oxygens (including phenoxy) is 1. The molecular weight excluding hydrogens is 426 g/mol. The molecule has 2 aromatic rings. The summed E-state index contributed by atoms with van der Waals surface area (Å²) in [5, 5.41) is 17.6. The average Bonchev–Trinajstić information content (AvgIpc) is 2.86. The van der Waals surface area contributed by atoms with Gasteiger partial charge in [0, 0.05) is 16.1 Å². The molecule has 0 fully saturated rings. The van der Waals surface area contributed by atoms with Gasteiger partial charge in [-0.05, 0) is 44.3 Å². The molecule has 10 heteroatoms. The summed E-state index contributed by atoms with van der Waals surface area (Å²) in [6.45, 7) is 1.50. The predicted octanol–water partition coefficient (Wildman–Crippen LogP) is 3.16. The van der Waals surface area contributed by atoms with E-state index >= 15 is 0 Å². The van der Waals surface area contributed by atoms with Gasteiger partial charge < -0.3 is 4.74 Å². The van der Waals surface area contributed by atoms with Gasteiger partial charge in [0.1, 0.15) is 23.5 Å². The topological polar surface area (TPSA) is 111 Å². The minimum atomic E-state index is -1.71.